The molecular formula is C20H13NaO6. The largest absolute Gasteiger partial charge is 1.00 e. The van der Waals surface area contributed by atoms with Gasteiger partial charge in [0.2, 0.25) is 0 Å². The zero-order chi connectivity index (χ0) is 17.2. The first-order valence-electron chi connectivity index (χ1n) is 7.77. The Morgan fingerprint density at radius 2 is 1.33 bits per heavy atom. The van der Waals surface area contributed by atoms with Crippen LogP contribution in [0.4, 0.5) is 0 Å². The molecule has 0 unspecified atom stereocenters. The molecule has 3 aromatic carbocycles. The SMILES string of the molecule is O=C1OC2(c3ccc(O)cc3Oc3cc(O)ccc32)c2ccccc21.[Na+].[OH-]. The Morgan fingerprint density at radius 3 is 1.93 bits per heavy atom. The van der Waals surface area contributed by atoms with Gasteiger partial charge in [-0.3, -0.25) is 0 Å². The molecule has 5 rings (SSSR count). The molecule has 130 valence electrons. The number of phenolic OH excluding ortho intramolecular Hbond substituents is 2. The molecule has 2 heterocycles. The number of esters is 1. The van der Waals surface area contributed by atoms with Crippen LogP contribution in [0.25, 0.3) is 0 Å². The van der Waals surface area contributed by atoms with Crippen LogP contribution in [0.15, 0.2) is 60.7 Å². The van der Waals surface area contributed by atoms with E-state index >= 15 is 0 Å². The van der Waals surface area contributed by atoms with E-state index < -0.39 is 11.6 Å². The summed E-state index contributed by atoms with van der Waals surface area (Å²) >= 11 is 0. The number of phenols is 2. The summed E-state index contributed by atoms with van der Waals surface area (Å²) in [6, 6.07) is 16.6. The first kappa shape index (κ1) is 19.3. The van der Waals surface area contributed by atoms with Crippen LogP contribution in [0.1, 0.15) is 27.0 Å². The van der Waals surface area contributed by atoms with Gasteiger partial charge in [0.1, 0.15) is 23.0 Å². The van der Waals surface area contributed by atoms with Crippen LogP contribution in [0.3, 0.4) is 0 Å². The van der Waals surface area contributed by atoms with Gasteiger partial charge in [-0.25, -0.2) is 4.79 Å². The number of fused-ring (bicyclic) bond motifs is 6. The minimum Gasteiger partial charge on any atom is -0.870 e. The first-order chi connectivity index (χ1) is 12.1. The van der Waals surface area contributed by atoms with Crippen LogP contribution in [-0.4, -0.2) is 21.7 Å². The van der Waals surface area contributed by atoms with Crippen LogP contribution < -0.4 is 34.3 Å². The van der Waals surface area contributed by atoms with E-state index in [1.807, 2.05) is 12.1 Å². The molecule has 6 nitrogen and oxygen atoms in total. The van der Waals surface area contributed by atoms with E-state index in [0.717, 1.165) is 0 Å². The predicted molar refractivity (Wildman–Crippen MR) is 90.0 cm³/mol. The molecule has 0 saturated heterocycles. The first-order valence-corrected chi connectivity index (χ1v) is 7.77. The fourth-order valence-electron chi connectivity index (χ4n) is 3.65. The number of rotatable bonds is 0. The molecular weight excluding hydrogens is 359 g/mol. The summed E-state index contributed by atoms with van der Waals surface area (Å²) in [5.41, 5.74) is 1.28. The Kier molecular flexibility index (Phi) is 4.69. The average Bonchev–Trinajstić information content (AvgIpc) is 2.88. The Labute approximate surface area is 176 Å². The number of benzene rings is 3. The number of aromatic hydroxyl groups is 2. The molecule has 1 spiro atoms. The standard InChI is InChI=1S/C20H12O5.Na.H2O/c21-11-5-7-15-17(9-11)24-18-10-12(22)6-8-16(18)20(15)14-4-2-1-3-13(14)19(23)25-20;;/h1-10,21-22H;;1H2/q;+1;/p-1. The topological polar surface area (TPSA) is 106 Å². The van der Waals surface area contributed by atoms with Gasteiger partial charge < -0.3 is 25.2 Å². The zero-order valence-electron chi connectivity index (χ0n) is 14.3. The van der Waals surface area contributed by atoms with Crippen molar-refractivity contribution in [3.8, 4) is 23.0 Å². The Balaban J connectivity index is 0.00000105. The Bertz CT molecular complexity index is 1010. The van der Waals surface area contributed by atoms with Gasteiger partial charge in [-0.1, -0.05) is 18.2 Å². The van der Waals surface area contributed by atoms with E-state index in [0.29, 0.717) is 33.8 Å². The number of ether oxygens (including phenoxy) is 2. The third-order valence-electron chi connectivity index (χ3n) is 4.68. The molecule has 2 aliphatic heterocycles. The number of carbonyl (C=O) groups excluding carboxylic acids is 1. The van der Waals surface area contributed by atoms with Gasteiger partial charge in [-0.05, 0) is 30.3 Å². The van der Waals surface area contributed by atoms with Gasteiger partial charge in [0.25, 0.3) is 0 Å². The van der Waals surface area contributed by atoms with Gasteiger partial charge in [0.05, 0.1) is 5.56 Å². The zero-order valence-corrected chi connectivity index (χ0v) is 16.3. The van der Waals surface area contributed by atoms with Crippen molar-refractivity contribution in [3.63, 3.8) is 0 Å². The van der Waals surface area contributed by atoms with E-state index in [9.17, 15) is 15.0 Å². The van der Waals surface area contributed by atoms with Crippen molar-refractivity contribution in [1.29, 1.82) is 0 Å². The van der Waals surface area contributed by atoms with E-state index in [-0.39, 0.29) is 46.5 Å². The van der Waals surface area contributed by atoms with Gasteiger partial charge in [0, 0.05) is 28.8 Å². The minimum absolute atomic E-state index is 0. The number of hydrogen-bond donors (Lipinski definition) is 2. The second-order valence-corrected chi connectivity index (χ2v) is 6.08. The maximum Gasteiger partial charge on any atom is 1.00 e. The second-order valence-electron chi connectivity index (χ2n) is 6.08. The minimum atomic E-state index is -1.17. The molecule has 0 fully saturated rings. The summed E-state index contributed by atoms with van der Waals surface area (Å²) in [6.07, 6.45) is 0. The molecule has 3 N–H and O–H groups in total. The molecule has 3 aromatic rings. The van der Waals surface area contributed by atoms with Gasteiger partial charge in [-0.2, -0.15) is 0 Å². The van der Waals surface area contributed by atoms with Crippen LogP contribution >= 0.6 is 0 Å². The Morgan fingerprint density at radius 1 is 0.778 bits per heavy atom. The van der Waals surface area contributed by atoms with Crippen LogP contribution in [0.2, 0.25) is 0 Å². The van der Waals surface area contributed by atoms with Crippen LogP contribution in [0, 0.1) is 0 Å². The van der Waals surface area contributed by atoms with E-state index in [4.69, 9.17) is 9.47 Å². The van der Waals surface area contributed by atoms with Crippen molar-refractivity contribution in [2.45, 2.75) is 5.60 Å². The van der Waals surface area contributed by atoms with Gasteiger partial charge in [0.15, 0.2) is 5.60 Å². The summed E-state index contributed by atoms with van der Waals surface area (Å²) in [4.78, 5) is 12.5. The maximum atomic E-state index is 12.5. The summed E-state index contributed by atoms with van der Waals surface area (Å²) in [5.74, 6) is 0.408. The third kappa shape index (κ3) is 2.53. The summed E-state index contributed by atoms with van der Waals surface area (Å²) in [7, 11) is 0. The smallest absolute Gasteiger partial charge is 0.870 e. The summed E-state index contributed by atoms with van der Waals surface area (Å²) in [6.45, 7) is 0. The molecule has 0 aromatic heterocycles. The van der Waals surface area contributed by atoms with Gasteiger partial charge >= 0.3 is 35.5 Å². The van der Waals surface area contributed by atoms with Crippen molar-refractivity contribution >= 4 is 5.97 Å². The quantitative estimate of drug-likeness (QED) is 0.440. The van der Waals surface area contributed by atoms with E-state index in [1.165, 1.54) is 24.3 Å². The average molecular weight is 372 g/mol. The molecule has 0 atom stereocenters. The number of carbonyl (C=O) groups is 1. The molecule has 0 aliphatic carbocycles. The van der Waals surface area contributed by atoms with Crippen molar-refractivity contribution in [2.24, 2.45) is 0 Å². The molecule has 0 amide bonds. The molecule has 27 heavy (non-hydrogen) atoms. The molecule has 0 bridgehead atoms. The van der Waals surface area contributed by atoms with Crippen molar-refractivity contribution < 1.29 is 59.5 Å². The van der Waals surface area contributed by atoms with Crippen molar-refractivity contribution in [1.82, 2.24) is 0 Å². The summed E-state index contributed by atoms with van der Waals surface area (Å²) in [5, 5.41) is 19.7. The molecule has 0 radical (unpaired) electrons. The molecule has 2 aliphatic rings. The summed E-state index contributed by atoms with van der Waals surface area (Å²) < 4.78 is 11.8. The third-order valence-corrected chi connectivity index (χ3v) is 4.68. The second kappa shape index (κ2) is 6.58. The fourth-order valence-corrected chi connectivity index (χ4v) is 3.65. The monoisotopic (exact) mass is 372 g/mol. The van der Waals surface area contributed by atoms with Crippen LogP contribution in [-0.2, 0) is 10.3 Å². The predicted octanol–water partition coefficient (Wildman–Crippen LogP) is 0.493. The van der Waals surface area contributed by atoms with Crippen molar-refractivity contribution in [3.05, 3.63) is 82.9 Å². The van der Waals surface area contributed by atoms with E-state index in [1.54, 1.807) is 24.3 Å². The molecule has 0 saturated carbocycles. The Hall–Kier alpha value is -2.51. The fraction of sp³-hybridized carbons (Fsp3) is 0.0500. The van der Waals surface area contributed by atoms with Crippen LogP contribution in [0.5, 0.6) is 23.0 Å². The maximum absolute atomic E-state index is 12.5. The van der Waals surface area contributed by atoms with Crippen molar-refractivity contribution in [2.75, 3.05) is 0 Å². The molecule has 7 heteroatoms. The van der Waals surface area contributed by atoms with Gasteiger partial charge in [-0.15, -0.1) is 0 Å². The normalized spacial score (nSPS) is 14.6. The number of hydrogen-bond acceptors (Lipinski definition) is 6. The van der Waals surface area contributed by atoms with E-state index in [2.05, 4.69) is 0 Å².